The molecule has 1 amide bonds. The van der Waals surface area contributed by atoms with E-state index < -0.39 is 5.41 Å². The van der Waals surface area contributed by atoms with Crippen molar-refractivity contribution in [2.75, 3.05) is 20.1 Å². The van der Waals surface area contributed by atoms with E-state index in [9.17, 15) is 4.79 Å². The minimum atomic E-state index is -0.428. The lowest BCUT2D eigenvalue weighted by molar-refractivity contribution is -0.139. The molecule has 0 heterocycles. The molecule has 3 heteroatoms. The molecule has 0 aliphatic carbocycles. The van der Waals surface area contributed by atoms with Crippen molar-refractivity contribution in [1.29, 1.82) is 0 Å². The fourth-order valence-electron chi connectivity index (χ4n) is 1.28. The van der Waals surface area contributed by atoms with Crippen LogP contribution in [0.3, 0.4) is 0 Å². The van der Waals surface area contributed by atoms with Gasteiger partial charge in [-0.15, -0.1) is 0 Å². The van der Waals surface area contributed by atoms with Crippen LogP contribution in [0.5, 0.6) is 0 Å². The van der Waals surface area contributed by atoms with E-state index in [-0.39, 0.29) is 5.91 Å². The second-order valence-corrected chi connectivity index (χ2v) is 4.79. The summed E-state index contributed by atoms with van der Waals surface area (Å²) in [5.74, 6) is 0.692. The van der Waals surface area contributed by atoms with Gasteiger partial charge in [-0.2, -0.15) is 0 Å². The molecule has 0 fully saturated rings. The first kappa shape index (κ1) is 13.4. The van der Waals surface area contributed by atoms with Crippen molar-refractivity contribution < 1.29 is 4.79 Å². The molecule has 0 aromatic heterocycles. The lowest BCUT2D eigenvalue weighted by atomic mass is 9.91. The SMILES string of the molecule is CCC(C)CN(C)C(=O)C(C)(C)CN. The van der Waals surface area contributed by atoms with Crippen molar-refractivity contribution in [3.8, 4) is 0 Å². The molecule has 0 saturated heterocycles. The number of carbonyl (C=O) groups is 1. The molecule has 0 rings (SSSR count). The Bertz CT molecular complexity index is 190. The molecule has 0 bridgehead atoms. The van der Waals surface area contributed by atoms with E-state index in [1.165, 1.54) is 0 Å². The summed E-state index contributed by atoms with van der Waals surface area (Å²) in [5.41, 5.74) is 5.13. The summed E-state index contributed by atoms with van der Waals surface area (Å²) in [6, 6.07) is 0. The third kappa shape index (κ3) is 3.66. The second-order valence-electron chi connectivity index (χ2n) is 4.79. The first-order valence-electron chi connectivity index (χ1n) is 5.30. The van der Waals surface area contributed by atoms with Gasteiger partial charge in [0.05, 0.1) is 5.41 Å². The molecular weight excluding hydrogens is 176 g/mol. The normalized spacial score (nSPS) is 13.9. The summed E-state index contributed by atoms with van der Waals surface area (Å²) in [5, 5.41) is 0. The van der Waals surface area contributed by atoms with Crippen LogP contribution >= 0.6 is 0 Å². The predicted molar refractivity (Wildman–Crippen MR) is 59.9 cm³/mol. The molecule has 84 valence electrons. The Kier molecular flexibility index (Phi) is 5.13. The Morgan fingerprint density at radius 2 is 2.00 bits per heavy atom. The molecule has 0 aromatic rings. The van der Waals surface area contributed by atoms with Crippen LogP contribution in [0, 0.1) is 11.3 Å². The minimum Gasteiger partial charge on any atom is -0.345 e. The molecule has 0 aliphatic heterocycles. The highest BCUT2D eigenvalue weighted by Gasteiger charge is 2.29. The maximum atomic E-state index is 11.9. The third-order valence-electron chi connectivity index (χ3n) is 2.72. The Morgan fingerprint density at radius 3 is 2.36 bits per heavy atom. The molecule has 1 unspecified atom stereocenters. The van der Waals surface area contributed by atoms with Crippen molar-refractivity contribution in [2.24, 2.45) is 17.1 Å². The summed E-state index contributed by atoms with van der Waals surface area (Å²) in [7, 11) is 1.85. The maximum Gasteiger partial charge on any atom is 0.229 e. The van der Waals surface area contributed by atoms with E-state index >= 15 is 0 Å². The molecule has 0 saturated carbocycles. The van der Waals surface area contributed by atoms with Gasteiger partial charge in [-0.05, 0) is 19.8 Å². The topological polar surface area (TPSA) is 46.3 Å². The zero-order chi connectivity index (χ0) is 11.4. The molecule has 0 aliphatic rings. The summed E-state index contributed by atoms with van der Waals surface area (Å²) >= 11 is 0. The van der Waals surface area contributed by atoms with Crippen LogP contribution in [-0.2, 0) is 4.79 Å². The van der Waals surface area contributed by atoms with Gasteiger partial charge >= 0.3 is 0 Å². The van der Waals surface area contributed by atoms with E-state index in [1.54, 1.807) is 4.90 Å². The van der Waals surface area contributed by atoms with Crippen molar-refractivity contribution in [3.05, 3.63) is 0 Å². The van der Waals surface area contributed by atoms with Crippen molar-refractivity contribution in [3.63, 3.8) is 0 Å². The Labute approximate surface area is 87.6 Å². The highest BCUT2D eigenvalue weighted by Crippen LogP contribution is 2.17. The monoisotopic (exact) mass is 200 g/mol. The Morgan fingerprint density at radius 1 is 1.50 bits per heavy atom. The molecule has 0 radical (unpaired) electrons. The molecule has 0 aromatic carbocycles. The van der Waals surface area contributed by atoms with Gasteiger partial charge in [0, 0.05) is 20.1 Å². The zero-order valence-electron chi connectivity index (χ0n) is 10.1. The number of nitrogens with zero attached hydrogens (tertiary/aromatic N) is 1. The number of carbonyl (C=O) groups excluding carboxylic acids is 1. The molecule has 3 nitrogen and oxygen atoms in total. The highest BCUT2D eigenvalue weighted by atomic mass is 16.2. The lowest BCUT2D eigenvalue weighted by Gasteiger charge is -2.29. The third-order valence-corrected chi connectivity index (χ3v) is 2.72. The fraction of sp³-hybridized carbons (Fsp3) is 0.909. The minimum absolute atomic E-state index is 0.139. The number of nitrogens with two attached hydrogens (primary N) is 1. The van der Waals surface area contributed by atoms with Crippen LogP contribution in [0.15, 0.2) is 0 Å². The van der Waals surface area contributed by atoms with E-state index in [0.717, 1.165) is 13.0 Å². The van der Waals surface area contributed by atoms with Gasteiger partial charge in [0.15, 0.2) is 0 Å². The highest BCUT2D eigenvalue weighted by molar-refractivity contribution is 5.81. The van der Waals surface area contributed by atoms with E-state index in [2.05, 4.69) is 13.8 Å². The van der Waals surface area contributed by atoms with Gasteiger partial charge in [-0.3, -0.25) is 4.79 Å². The number of rotatable bonds is 5. The van der Waals surface area contributed by atoms with Gasteiger partial charge in [-0.1, -0.05) is 20.3 Å². The number of amides is 1. The zero-order valence-corrected chi connectivity index (χ0v) is 10.1. The quantitative estimate of drug-likeness (QED) is 0.730. The number of hydrogen-bond donors (Lipinski definition) is 1. The summed E-state index contributed by atoms with van der Waals surface area (Å²) < 4.78 is 0. The average Bonchev–Trinajstić information content (AvgIpc) is 2.16. The Balaban J connectivity index is 4.25. The smallest absolute Gasteiger partial charge is 0.229 e. The number of hydrogen-bond acceptors (Lipinski definition) is 2. The van der Waals surface area contributed by atoms with Crippen LogP contribution in [-0.4, -0.2) is 30.9 Å². The lowest BCUT2D eigenvalue weighted by Crippen LogP contribution is -2.44. The van der Waals surface area contributed by atoms with Crippen LogP contribution in [0.25, 0.3) is 0 Å². The van der Waals surface area contributed by atoms with Crippen LogP contribution < -0.4 is 5.73 Å². The molecule has 2 N–H and O–H groups in total. The Hall–Kier alpha value is -0.570. The van der Waals surface area contributed by atoms with Crippen molar-refractivity contribution >= 4 is 5.91 Å². The molecule has 0 spiro atoms. The summed E-state index contributed by atoms with van der Waals surface area (Å²) in [6.45, 7) is 9.29. The van der Waals surface area contributed by atoms with Crippen LogP contribution in [0.2, 0.25) is 0 Å². The van der Waals surface area contributed by atoms with Gasteiger partial charge in [0.25, 0.3) is 0 Å². The molecular formula is C11H24N2O. The van der Waals surface area contributed by atoms with Gasteiger partial charge in [0.1, 0.15) is 0 Å². The second kappa shape index (κ2) is 5.35. The summed E-state index contributed by atoms with van der Waals surface area (Å²) in [6.07, 6.45) is 1.10. The van der Waals surface area contributed by atoms with E-state index in [0.29, 0.717) is 12.5 Å². The first-order chi connectivity index (χ1) is 6.35. The van der Waals surface area contributed by atoms with Gasteiger partial charge in [0.2, 0.25) is 5.91 Å². The first-order valence-corrected chi connectivity index (χ1v) is 5.30. The van der Waals surface area contributed by atoms with E-state index in [4.69, 9.17) is 5.73 Å². The van der Waals surface area contributed by atoms with Crippen molar-refractivity contribution in [1.82, 2.24) is 4.90 Å². The fourth-order valence-corrected chi connectivity index (χ4v) is 1.28. The van der Waals surface area contributed by atoms with E-state index in [1.807, 2.05) is 20.9 Å². The van der Waals surface area contributed by atoms with Gasteiger partial charge < -0.3 is 10.6 Å². The van der Waals surface area contributed by atoms with Crippen LogP contribution in [0.4, 0.5) is 0 Å². The van der Waals surface area contributed by atoms with Gasteiger partial charge in [-0.25, -0.2) is 0 Å². The summed E-state index contributed by atoms with van der Waals surface area (Å²) in [4.78, 5) is 13.7. The predicted octanol–water partition coefficient (Wildman–Crippen LogP) is 1.48. The largest absolute Gasteiger partial charge is 0.345 e. The maximum absolute atomic E-state index is 11.9. The molecule has 14 heavy (non-hydrogen) atoms. The van der Waals surface area contributed by atoms with Crippen molar-refractivity contribution in [2.45, 2.75) is 34.1 Å². The van der Waals surface area contributed by atoms with Crippen LogP contribution in [0.1, 0.15) is 34.1 Å². The molecule has 1 atom stereocenters. The standard InChI is InChI=1S/C11H24N2O/c1-6-9(2)7-13(5)10(14)11(3,4)8-12/h9H,6-8,12H2,1-5H3. The average molecular weight is 200 g/mol.